The second-order valence-corrected chi connectivity index (χ2v) is 9.82. The van der Waals surface area contributed by atoms with Crippen molar-refractivity contribution in [2.24, 2.45) is 0 Å². The fourth-order valence-corrected chi connectivity index (χ4v) is 4.16. The SMILES string of the molecule is CS(=O)(=O)c1ccc(C(COC(=O)Oc2cccc(CBr)c2)=C(C(=O)O)c2ccccc2)cc1. The van der Waals surface area contributed by atoms with E-state index in [0.29, 0.717) is 16.5 Å². The second-order valence-electron chi connectivity index (χ2n) is 7.24. The summed E-state index contributed by atoms with van der Waals surface area (Å²) in [4.78, 5) is 24.7. The summed E-state index contributed by atoms with van der Waals surface area (Å²) in [6.45, 7) is -0.411. The van der Waals surface area contributed by atoms with Gasteiger partial charge in [-0.2, -0.15) is 0 Å². The summed E-state index contributed by atoms with van der Waals surface area (Å²) >= 11 is 3.33. The number of carbonyl (C=O) groups is 2. The first-order valence-corrected chi connectivity index (χ1v) is 13.0. The van der Waals surface area contributed by atoms with Gasteiger partial charge in [-0.15, -0.1) is 0 Å². The maximum Gasteiger partial charge on any atom is 0.514 e. The molecule has 0 heterocycles. The predicted octanol–water partition coefficient (Wildman–Crippen LogP) is 5.20. The minimum absolute atomic E-state index is 0.0817. The largest absolute Gasteiger partial charge is 0.514 e. The number of halogens is 1. The number of carboxylic acid groups (broad SMARTS) is 1. The number of hydrogen-bond acceptors (Lipinski definition) is 6. The lowest BCUT2D eigenvalue weighted by Crippen LogP contribution is -2.15. The van der Waals surface area contributed by atoms with Crippen LogP contribution in [0.5, 0.6) is 5.75 Å². The van der Waals surface area contributed by atoms with Crippen LogP contribution in [0.15, 0.2) is 83.8 Å². The minimum Gasteiger partial charge on any atom is -0.478 e. The molecule has 7 nitrogen and oxygen atoms in total. The third-order valence-electron chi connectivity index (χ3n) is 4.80. The van der Waals surface area contributed by atoms with Crippen LogP contribution in [0, 0.1) is 0 Å². The molecule has 1 N–H and O–H groups in total. The van der Waals surface area contributed by atoms with E-state index in [1.54, 1.807) is 48.5 Å². The van der Waals surface area contributed by atoms with Crippen LogP contribution >= 0.6 is 15.9 Å². The van der Waals surface area contributed by atoms with Crippen LogP contribution in [0.3, 0.4) is 0 Å². The van der Waals surface area contributed by atoms with E-state index in [-0.39, 0.29) is 21.8 Å². The number of benzene rings is 3. The van der Waals surface area contributed by atoms with E-state index in [4.69, 9.17) is 9.47 Å². The van der Waals surface area contributed by atoms with Crippen molar-refractivity contribution in [1.29, 1.82) is 0 Å². The van der Waals surface area contributed by atoms with Crippen LogP contribution in [0.4, 0.5) is 4.79 Å². The number of sulfone groups is 1. The van der Waals surface area contributed by atoms with Crippen molar-refractivity contribution in [1.82, 2.24) is 0 Å². The van der Waals surface area contributed by atoms with E-state index in [0.717, 1.165) is 11.8 Å². The summed E-state index contributed by atoms with van der Waals surface area (Å²) in [7, 11) is -3.44. The first-order chi connectivity index (χ1) is 16.2. The highest BCUT2D eigenvalue weighted by Gasteiger charge is 2.21. The van der Waals surface area contributed by atoms with Crippen LogP contribution in [0.2, 0.25) is 0 Å². The van der Waals surface area contributed by atoms with Gasteiger partial charge in [-0.05, 0) is 41.0 Å². The number of aliphatic carboxylic acids is 1. The van der Waals surface area contributed by atoms with Crippen molar-refractivity contribution in [2.45, 2.75) is 10.2 Å². The molecule has 0 amide bonds. The number of alkyl halides is 1. The van der Waals surface area contributed by atoms with E-state index in [1.165, 1.54) is 24.3 Å². The monoisotopic (exact) mass is 544 g/mol. The summed E-state index contributed by atoms with van der Waals surface area (Å²) in [5.41, 5.74) is 1.79. The van der Waals surface area contributed by atoms with Gasteiger partial charge in [0, 0.05) is 17.2 Å². The molecular formula is C25H21BrO7S. The van der Waals surface area contributed by atoms with Crippen molar-refractivity contribution in [3.8, 4) is 5.75 Å². The minimum atomic E-state index is -3.44. The van der Waals surface area contributed by atoms with Crippen LogP contribution in [0.1, 0.15) is 16.7 Å². The van der Waals surface area contributed by atoms with Gasteiger partial charge in [0.25, 0.3) is 0 Å². The van der Waals surface area contributed by atoms with Gasteiger partial charge in [0.1, 0.15) is 12.4 Å². The van der Waals surface area contributed by atoms with Crippen molar-refractivity contribution in [2.75, 3.05) is 12.9 Å². The molecule has 0 aliphatic heterocycles. The number of rotatable bonds is 8. The molecule has 34 heavy (non-hydrogen) atoms. The van der Waals surface area contributed by atoms with Crippen LogP contribution < -0.4 is 4.74 Å². The Morgan fingerprint density at radius 2 is 1.59 bits per heavy atom. The first-order valence-electron chi connectivity index (χ1n) is 10.0. The highest BCUT2D eigenvalue weighted by molar-refractivity contribution is 9.08. The number of hydrogen-bond donors (Lipinski definition) is 1. The van der Waals surface area contributed by atoms with Gasteiger partial charge in [0.2, 0.25) is 0 Å². The third kappa shape index (κ3) is 6.55. The van der Waals surface area contributed by atoms with Crippen molar-refractivity contribution in [3.05, 3.63) is 95.6 Å². The molecule has 3 aromatic carbocycles. The molecule has 3 rings (SSSR count). The second kappa shape index (κ2) is 11.1. The average Bonchev–Trinajstić information content (AvgIpc) is 2.81. The summed E-state index contributed by atoms with van der Waals surface area (Å²) < 4.78 is 34.1. The van der Waals surface area contributed by atoms with Crippen molar-refractivity contribution < 1.29 is 32.6 Å². The molecule has 0 unspecified atom stereocenters. The third-order valence-corrected chi connectivity index (χ3v) is 6.57. The molecule has 0 aliphatic carbocycles. The zero-order valence-corrected chi connectivity index (χ0v) is 20.5. The maximum atomic E-state index is 12.4. The molecule has 0 atom stereocenters. The lowest BCUT2D eigenvalue weighted by atomic mass is 9.95. The van der Waals surface area contributed by atoms with Gasteiger partial charge in [0.15, 0.2) is 9.84 Å². The summed E-state index contributed by atoms with van der Waals surface area (Å²) in [5, 5.41) is 10.5. The van der Waals surface area contributed by atoms with Crippen LogP contribution in [-0.4, -0.2) is 38.5 Å². The van der Waals surface area contributed by atoms with Gasteiger partial charge in [-0.3, -0.25) is 0 Å². The highest BCUT2D eigenvalue weighted by Crippen LogP contribution is 2.28. The molecule has 0 fully saturated rings. The molecule has 9 heteroatoms. The lowest BCUT2D eigenvalue weighted by Gasteiger charge is -2.15. The summed E-state index contributed by atoms with van der Waals surface area (Å²) in [5.74, 6) is -0.943. The molecule has 176 valence electrons. The van der Waals surface area contributed by atoms with E-state index in [1.807, 2.05) is 6.07 Å². The molecule has 3 aromatic rings. The summed E-state index contributed by atoms with van der Waals surface area (Å²) in [6.07, 6.45) is 0.0736. The quantitative estimate of drug-likeness (QED) is 0.136. The Hall–Kier alpha value is -3.43. The van der Waals surface area contributed by atoms with E-state index < -0.39 is 28.6 Å². The standard InChI is InChI=1S/C25H21BrO7S/c1-34(30,31)21-12-10-18(11-13-21)22(23(24(27)28)19-7-3-2-4-8-19)16-32-25(29)33-20-9-5-6-17(14-20)15-26/h2-14H,15-16H2,1H3,(H,27,28). The predicted molar refractivity (Wildman–Crippen MR) is 131 cm³/mol. The number of carbonyl (C=O) groups excluding carboxylic acids is 1. The Labute approximate surface area is 205 Å². The van der Waals surface area contributed by atoms with Gasteiger partial charge in [-0.25, -0.2) is 18.0 Å². The number of carboxylic acids is 1. The summed E-state index contributed by atoms with van der Waals surface area (Å²) in [6, 6.07) is 20.9. The van der Waals surface area contributed by atoms with Gasteiger partial charge < -0.3 is 14.6 Å². The molecule has 0 bridgehead atoms. The Bertz CT molecular complexity index is 1310. The maximum absolute atomic E-state index is 12.4. The van der Waals surface area contributed by atoms with Gasteiger partial charge in [-0.1, -0.05) is 70.5 Å². The van der Waals surface area contributed by atoms with E-state index in [9.17, 15) is 23.1 Å². The zero-order valence-electron chi connectivity index (χ0n) is 18.1. The Morgan fingerprint density at radius 3 is 2.18 bits per heavy atom. The van der Waals surface area contributed by atoms with Gasteiger partial charge >= 0.3 is 12.1 Å². The Morgan fingerprint density at radius 1 is 0.912 bits per heavy atom. The van der Waals surface area contributed by atoms with Crippen LogP contribution in [-0.2, 0) is 24.7 Å². The normalized spacial score (nSPS) is 11.9. The Balaban J connectivity index is 1.96. The average molecular weight is 545 g/mol. The fourth-order valence-electron chi connectivity index (χ4n) is 3.18. The molecule has 0 aliphatic rings. The zero-order chi connectivity index (χ0) is 24.7. The topological polar surface area (TPSA) is 107 Å². The molecule has 0 saturated carbocycles. The smallest absolute Gasteiger partial charge is 0.478 e. The van der Waals surface area contributed by atoms with Crippen LogP contribution in [0.25, 0.3) is 11.1 Å². The van der Waals surface area contributed by atoms with Crippen molar-refractivity contribution in [3.63, 3.8) is 0 Å². The highest BCUT2D eigenvalue weighted by atomic mass is 79.9. The van der Waals surface area contributed by atoms with Gasteiger partial charge in [0.05, 0.1) is 10.5 Å². The molecule has 0 spiro atoms. The molecule has 0 aromatic heterocycles. The molecular weight excluding hydrogens is 524 g/mol. The van der Waals surface area contributed by atoms with E-state index in [2.05, 4.69) is 15.9 Å². The first kappa shape index (κ1) is 25.2. The Kier molecular flexibility index (Phi) is 8.25. The molecule has 0 saturated heterocycles. The molecule has 0 radical (unpaired) electrons. The van der Waals surface area contributed by atoms with E-state index >= 15 is 0 Å². The fraction of sp³-hybridized carbons (Fsp3) is 0.120. The number of ether oxygens (including phenoxy) is 2. The van der Waals surface area contributed by atoms with Crippen molar-refractivity contribution >= 4 is 49.0 Å². The lowest BCUT2D eigenvalue weighted by molar-refractivity contribution is -0.130.